The van der Waals surface area contributed by atoms with Crippen molar-refractivity contribution in [2.45, 2.75) is 25.4 Å². The summed E-state index contributed by atoms with van der Waals surface area (Å²) in [6, 6.07) is 7.43. The summed E-state index contributed by atoms with van der Waals surface area (Å²) in [4.78, 5) is 23.6. The molecule has 0 N–H and O–H groups in total. The van der Waals surface area contributed by atoms with Gasteiger partial charge in [0.25, 0.3) is 5.56 Å². The molecule has 0 aliphatic heterocycles. The lowest BCUT2D eigenvalue weighted by Crippen LogP contribution is -2.38. The summed E-state index contributed by atoms with van der Waals surface area (Å²) in [5, 5.41) is 0. The second kappa shape index (κ2) is 6.44. The minimum absolute atomic E-state index is 0.190. The highest BCUT2D eigenvalue weighted by molar-refractivity contribution is 7.83. The van der Waals surface area contributed by atoms with Gasteiger partial charge in [0.05, 0.1) is 5.75 Å². The third-order valence-corrected chi connectivity index (χ3v) is 5.01. The second-order valence-corrected chi connectivity index (χ2v) is 6.99. The van der Waals surface area contributed by atoms with Crippen LogP contribution in [0, 0.1) is 13.8 Å². The van der Waals surface area contributed by atoms with Gasteiger partial charge < -0.3 is 0 Å². The Morgan fingerprint density at radius 3 is 2.36 bits per heavy atom. The standard InChI is InChI=1S/C16H20N2O3S/c1-11-5-6-12(2)13(7-11)9-22(21)10-14-8-15(19)18(4)16(20)17(14)3/h5-8H,9-10H2,1-4H3. The minimum atomic E-state index is -1.18. The van der Waals surface area contributed by atoms with E-state index in [0.29, 0.717) is 11.4 Å². The van der Waals surface area contributed by atoms with Gasteiger partial charge in [-0.25, -0.2) is 4.79 Å². The molecule has 0 spiro atoms. The van der Waals surface area contributed by atoms with Gasteiger partial charge in [-0.1, -0.05) is 23.8 Å². The summed E-state index contributed by atoms with van der Waals surface area (Å²) in [7, 11) is 1.84. The maximum absolute atomic E-state index is 12.4. The van der Waals surface area contributed by atoms with E-state index >= 15 is 0 Å². The lowest BCUT2D eigenvalue weighted by molar-refractivity contribution is 0.655. The first kappa shape index (κ1) is 16.4. The lowest BCUT2D eigenvalue weighted by atomic mass is 10.1. The molecular weight excluding hydrogens is 300 g/mol. The van der Waals surface area contributed by atoms with Crippen molar-refractivity contribution in [1.29, 1.82) is 0 Å². The summed E-state index contributed by atoms with van der Waals surface area (Å²) in [5.41, 5.74) is 2.98. The number of aromatic nitrogens is 2. The third-order valence-electron chi connectivity index (χ3n) is 3.76. The molecule has 2 aromatic rings. The first-order valence-corrected chi connectivity index (χ1v) is 8.45. The molecule has 2 rings (SSSR count). The molecule has 118 valence electrons. The molecule has 6 heteroatoms. The van der Waals surface area contributed by atoms with E-state index in [4.69, 9.17) is 0 Å². The molecule has 1 unspecified atom stereocenters. The van der Waals surface area contributed by atoms with Crippen LogP contribution in [0.1, 0.15) is 22.4 Å². The zero-order valence-electron chi connectivity index (χ0n) is 13.3. The Morgan fingerprint density at radius 1 is 1.00 bits per heavy atom. The fourth-order valence-electron chi connectivity index (χ4n) is 2.26. The first-order chi connectivity index (χ1) is 10.3. The van der Waals surface area contributed by atoms with Crippen LogP contribution in [0.15, 0.2) is 33.9 Å². The van der Waals surface area contributed by atoms with Crippen molar-refractivity contribution in [3.63, 3.8) is 0 Å². The van der Waals surface area contributed by atoms with Crippen molar-refractivity contribution in [2.24, 2.45) is 14.1 Å². The molecule has 5 nitrogen and oxygen atoms in total. The molecule has 0 aliphatic carbocycles. The second-order valence-electron chi connectivity index (χ2n) is 5.53. The highest BCUT2D eigenvalue weighted by Gasteiger charge is 2.11. The Bertz CT molecular complexity index is 849. The average Bonchev–Trinajstić information content (AvgIpc) is 2.46. The quantitative estimate of drug-likeness (QED) is 0.849. The van der Waals surface area contributed by atoms with E-state index in [1.165, 1.54) is 17.7 Å². The molecule has 0 bridgehead atoms. The van der Waals surface area contributed by atoms with Crippen LogP contribution in [0.2, 0.25) is 0 Å². The third kappa shape index (κ3) is 3.44. The van der Waals surface area contributed by atoms with Crippen LogP contribution in [0.4, 0.5) is 0 Å². The van der Waals surface area contributed by atoms with Crippen LogP contribution in [0.3, 0.4) is 0 Å². The predicted molar refractivity (Wildman–Crippen MR) is 88.4 cm³/mol. The Labute approximate surface area is 131 Å². The summed E-state index contributed by atoms with van der Waals surface area (Å²) in [5.74, 6) is 0.603. The molecule has 0 saturated heterocycles. The van der Waals surface area contributed by atoms with Crippen LogP contribution in [0.5, 0.6) is 0 Å². The van der Waals surface area contributed by atoms with Gasteiger partial charge in [-0.15, -0.1) is 0 Å². The Kier molecular flexibility index (Phi) is 4.81. The summed E-state index contributed by atoms with van der Waals surface area (Å²) >= 11 is 0. The summed E-state index contributed by atoms with van der Waals surface area (Å²) in [6.07, 6.45) is 0. The maximum Gasteiger partial charge on any atom is 0.330 e. The zero-order valence-corrected chi connectivity index (χ0v) is 14.1. The van der Waals surface area contributed by atoms with E-state index in [1.807, 2.05) is 32.0 Å². The SMILES string of the molecule is Cc1ccc(C)c(CS(=O)Cc2cc(=O)n(C)c(=O)n2C)c1. The van der Waals surface area contributed by atoms with Crippen molar-refractivity contribution < 1.29 is 4.21 Å². The minimum Gasteiger partial charge on any atom is -0.300 e. The van der Waals surface area contributed by atoms with Crippen LogP contribution in [0.25, 0.3) is 0 Å². The monoisotopic (exact) mass is 320 g/mol. The van der Waals surface area contributed by atoms with Gasteiger partial charge in [-0.3, -0.25) is 18.1 Å². The van der Waals surface area contributed by atoms with Gasteiger partial charge >= 0.3 is 5.69 Å². The average molecular weight is 320 g/mol. The Balaban J connectivity index is 2.25. The molecule has 0 aliphatic rings. The van der Waals surface area contributed by atoms with Crippen molar-refractivity contribution in [3.8, 4) is 0 Å². The van der Waals surface area contributed by atoms with Gasteiger partial charge in [0, 0.05) is 42.4 Å². The van der Waals surface area contributed by atoms with Crippen LogP contribution in [-0.2, 0) is 36.4 Å². The van der Waals surface area contributed by atoms with E-state index in [1.54, 1.807) is 7.05 Å². The molecule has 1 heterocycles. The van der Waals surface area contributed by atoms with E-state index in [0.717, 1.165) is 21.3 Å². The van der Waals surface area contributed by atoms with Gasteiger partial charge in [0.1, 0.15) is 0 Å². The van der Waals surface area contributed by atoms with Crippen LogP contribution < -0.4 is 11.2 Å². The van der Waals surface area contributed by atoms with Crippen LogP contribution in [-0.4, -0.2) is 13.3 Å². The fraction of sp³-hybridized carbons (Fsp3) is 0.375. The van der Waals surface area contributed by atoms with Gasteiger partial charge in [0.2, 0.25) is 0 Å². The zero-order chi connectivity index (χ0) is 16.4. The Hall–Kier alpha value is -1.95. The van der Waals surface area contributed by atoms with Crippen molar-refractivity contribution in [2.75, 3.05) is 0 Å². The molecule has 1 aromatic carbocycles. The van der Waals surface area contributed by atoms with Crippen molar-refractivity contribution in [1.82, 2.24) is 9.13 Å². The first-order valence-electron chi connectivity index (χ1n) is 6.96. The molecule has 1 atom stereocenters. The summed E-state index contributed by atoms with van der Waals surface area (Å²) < 4.78 is 14.8. The molecule has 0 amide bonds. The van der Waals surface area contributed by atoms with E-state index in [9.17, 15) is 13.8 Å². The molecule has 0 radical (unpaired) electrons. The number of benzene rings is 1. The highest BCUT2D eigenvalue weighted by atomic mass is 32.2. The number of hydrogen-bond acceptors (Lipinski definition) is 3. The predicted octanol–water partition coefficient (Wildman–Crippen LogP) is 1.15. The summed E-state index contributed by atoms with van der Waals surface area (Å²) in [6.45, 7) is 3.98. The number of rotatable bonds is 4. The largest absolute Gasteiger partial charge is 0.330 e. The van der Waals surface area contributed by atoms with Crippen LogP contribution >= 0.6 is 0 Å². The smallest absolute Gasteiger partial charge is 0.300 e. The molecule has 1 aromatic heterocycles. The van der Waals surface area contributed by atoms with Gasteiger partial charge in [-0.2, -0.15) is 0 Å². The number of nitrogens with zero attached hydrogens (tertiary/aromatic N) is 2. The van der Waals surface area contributed by atoms with Crippen molar-refractivity contribution in [3.05, 3.63) is 67.5 Å². The topological polar surface area (TPSA) is 61.1 Å². The highest BCUT2D eigenvalue weighted by Crippen LogP contribution is 2.14. The number of hydrogen-bond donors (Lipinski definition) is 0. The molecule has 0 fully saturated rings. The normalized spacial score (nSPS) is 12.4. The molecule has 22 heavy (non-hydrogen) atoms. The number of aryl methyl sites for hydroxylation is 2. The van der Waals surface area contributed by atoms with E-state index < -0.39 is 16.5 Å². The van der Waals surface area contributed by atoms with Crippen molar-refractivity contribution >= 4 is 10.8 Å². The van der Waals surface area contributed by atoms with Gasteiger partial charge in [0.15, 0.2) is 0 Å². The Morgan fingerprint density at radius 2 is 1.68 bits per heavy atom. The maximum atomic E-state index is 12.4. The lowest BCUT2D eigenvalue weighted by Gasteiger charge is -2.10. The fourth-order valence-corrected chi connectivity index (χ4v) is 3.63. The molecule has 0 saturated carbocycles. The van der Waals surface area contributed by atoms with E-state index in [-0.39, 0.29) is 11.3 Å². The molecular formula is C16H20N2O3S. The van der Waals surface area contributed by atoms with E-state index in [2.05, 4.69) is 0 Å². The van der Waals surface area contributed by atoms with Gasteiger partial charge in [-0.05, 0) is 25.0 Å².